The Morgan fingerprint density at radius 1 is 1.00 bits per heavy atom. The molecule has 0 N–H and O–H groups in total. The van der Waals surface area contributed by atoms with Gasteiger partial charge in [0.1, 0.15) is 17.4 Å². The summed E-state index contributed by atoms with van der Waals surface area (Å²) in [6.07, 6.45) is 0. The van der Waals surface area contributed by atoms with E-state index in [-0.39, 0.29) is 5.75 Å². The largest absolute Gasteiger partial charge is 0.468 e. The summed E-state index contributed by atoms with van der Waals surface area (Å²) in [5, 5.41) is -0.666. The molecule has 0 fully saturated rings. The van der Waals surface area contributed by atoms with Crippen molar-refractivity contribution in [1.82, 2.24) is 0 Å². The van der Waals surface area contributed by atoms with Crippen molar-refractivity contribution in [2.24, 2.45) is 0 Å². The van der Waals surface area contributed by atoms with Gasteiger partial charge in [0.15, 0.2) is 0 Å². The molecule has 1 unspecified atom stereocenters. The highest BCUT2D eigenvalue weighted by atomic mass is 32.2. The van der Waals surface area contributed by atoms with E-state index in [0.29, 0.717) is 11.1 Å². The molecule has 0 radical (unpaired) electrons. The Kier molecular flexibility index (Phi) is 5.38. The Morgan fingerprint density at radius 2 is 1.41 bits per heavy atom. The topological polar surface area (TPSA) is 43.4 Å². The zero-order chi connectivity index (χ0) is 16.1. The molecule has 0 aliphatic carbocycles. The van der Waals surface area contributed by atoms with E-state index >= 15 is 0 Å². The second-order valence-corrected chi connectivity index (χ2v) is 6.11. The van der Waals surface area contributed by atoms with Gasteiger partial charge in [-0.3, -0.25) is 9.00 Å². The summed E-state index contributed by atoms with van der Waals surface area (Å²) in [4.78, 5) is 11.4. The van der Waals surface area contributed by atoms with Gasteiger partial charge in [0, 0.05) is 10.8 Å². The van der Waals surface area contributed by atoms with Crippen molar-refractivity contribution in [2.75, 3.05) is 12.9 Å². The Balaban J connectivity index is 2.39. The summed E-state index contributed by atoms with van der Waals surface area (Å²) >= 11 is 0. The van der Waals surface area contributed by atoms with Crippen LogP contribution in [0.15, 0.2) is 48.5 Å². The summed E-state index contributed by atoms with van der Waals surface area (Å²) in [5.74, 6) is -1.73. The predicted molar refractivity (Wildman–Crippen MR) is 79.7 cm³/mol. The molecule has 1 atom stereocenters. The standard InChI is InChI=1S/C16H14F2O3S/c1-21-15(19)10-22(20)16(11-2-6-13(17)7-3-11)12-4-8-14(18)9-5-12/h2-9,16H,10H2,1H3. The molecular weight excluding hydrogens is 310 g/mol. The maximum Gasteiger partial charge on any atom is 0.318 e. The van der Waals surface area contributed by atoms with E-state index in [1.807, 2.05) is 0 Å². The van der Waals surface area contributed by atoms with Gasteiger partial charge in [0.25, 0.3) is 0 Å². The Bertz CT molecular complexity index is 623. The Labute approximate surface area is 129 Å². The van der Waals surface area contributed by atoms with Crippen molar-refractivity contribution in [2.45, 2.75) is 5.25 Å². The molecule has 22 heavy (non-hydrogen) atoms. The number of ether oxygens (including phenoxy) is 1. The third-order valence-corrected chi connectivity index (χ3v) is 4.69. The molecule has 0 bridgehead atoms. The molecule has 0 spiro atoms. The summed E-state index contributed by atoms with van der Waals surface area (Å²) in [5.41, 5.74) is 1.16. The van der Waals surface area contributed by atoms with E-state index in [0.717, 1.165) is 0 Å². The van der Waals surface area contributed by atoms with Crippen LogP contribution in [-0.4, -0.2) is 23.0 Å². The first-order valence-electron chi connectivity index (χ1n) is 6.46. The zero-order valence-electron chi connectivity index (χ0n) is 11.8. The van der Waals surface area contributed by atoms with E-state index < -0.39 is 33.7 Å². The monoisotopic (exact) mass is 324 g/mol. The average Bonchev–Trinajstić information content (AvgIpc) is 2.51. The number of methoxy groups -OCH3 is 1. The summed E-state index contributed by atoms with van der Waals surface area (Å²) in [7, 11) is -0.410. The lowest BCUT2D eigenvalue weighted by Gasteiger charge is -2.17. The van der Waals surface area contributed by atoms with Crippen LogP contribution in [0.25, 0.3) is 0 Å². The zero-order valence-corrected chi connectivity index (χ0v) is 12.6. The number of carbonyl (C=O) groups is 1. The third kappa shape index (κ3) is 3.98. The smallest absolute Gasteiger partial charge is 0.318 e. The first-order chi connectivity index (χ1) is 10.5. The predicted octanol–water partition coefficient (Wildman–Crippen LogP) is 2.98. The SMILES string of the molecule is COC(=O)CS(=O)C(c1ccc(F)cc1)c1ccc(F)cc1. The van der Waals surface area contributed by atoms with Crippen molar-refractivity contribution in [3.05, 3.63) is 71.3 Å². The van der Waals surface area contributed by atoms with Crippen LogP contribution in [0.1, 0.15) is 16.4 Å². The molecule has 2 aromatic carbocycles. The number of rotatable bonds is 5. The molecule has 2 aromatic rings. The molecule has 0 aliphatic heterocycles. The molecular formula is C16H14F2O3S. The van der Waals surface area contributed by atoms with Gasteiger partial charge in [-0.25, -0.2) is 8.78 Å². The van der Waals surface area contributed by atoms with Crippen molar-refractivity contribution in [1.29, 1.82) is 0 Å². The van der Waals surface area contributed by atoms with Crippen LogP contribution in [0.2, 0.25) is 0 Å². The maximum absolute atomic E-state index is 13.1. The van der Waals surface area contributed by atoms with E-state index in [4.69, 9.17) is 0 Å². The number of benzene rings is 2. The van der Waals surface area contributed by atoms with Crippen molar-refractivity contribution in [3.63, 3.8) is 0 Å². The van der Waals surface area contributed by atoms with Gasteiger partial charge in [-0.15, -0.1) is 0 Å². The average molecular weight is 324 g/mol. The van der Waals surface area contributed by atoms with Gasteiger partial charge >= 0.3 is 5.97 Å². The normalized spacial score (nSPS) is 12.2. The van der Waals surface area contributed by atoms with E-state index in [2.05, 4.69) is 4.74 Å². The van der Waals surface area contributed by atoms with E-state index in [1.54, 1.807) is 0 Å². The second-order valence-electron chi connectivity index (χ2n) is 4.58. The summed E-state index contributed by atoms with van der Waals surface area (Å²) in [6, 6.07) is 11.0. The van der Waals surface area contributed by atoms with Gasteiger partial charge in [-0.1, -0.05) is 24.3 Å². The third-order valence-electron chi connectivity index (χ3n) is 3.10. The number of hydrogen-bond acceptors (Lipinski definition) is 3. The fourth-order valence-electron chi connectivity index (χ4n) is 2.03. The van der Waals surface area contributed by atoms with Crippen LogP contribution < -0.4 is 0 Å². The van der Waals surface area contributed by atoms with Crippen molar-refractivity contribution >= 4 is 16.8 Å². The summed E-state index contributed by atoms with van der Waals surface area (Å²) < 4.78 is 43.2. The number of carbonyl (C=O) groups excluding carboxylic acids is 1. The lowest BCUT2D eigenvalue weighted by molar-refractivity contribution is -0.137. The molecule has 6 heteroatoms. The maximum atomic E-state index is 13.1. The number of halogens is 2. The highest BCUT2D eigenvalue weighted by Crippen LogP contribution is 2.29. The highest BCUT2D eigenvalue weighted by molar-refractivity contribution is 7.86. The van der Waals surface area contributed by atoms with Crippen LogP contribution in [-0.2, 0) is 20.3 Å². The van der Waals surface area contributed by atoms with Crippen LogP contribution in [0.4, 0.5) is 8.78 Å². The Morgan fingerprint density at radius 3 is 1.77 bits per heavy atom. The van der Waals surface area contributed by atoms with Crippen molar-refractivity contribution < 1.29 is 22.5 Å². The molecule has 0 amide bonds. The molecule has 0 saturated carbocycles. The van der Waals surface area contributed by atoms with E-state index in [9.17, 15) is 17.8 Å². The Hall–Kier alpha value is -2.08. The van der Waals surface area contributed by atoms with Crippen LogP contribution in [0.5, 0.6) is 0 Å². The molecule has 0 aliphatic rings. The minimum absolute atomic E-state index is 0.296. The molecule has 0 aromatic heterocycles. The lowest BCUT2D eigenvalue weighted by atomic mass is 10.0. The molecule has 0 heterocycles. The fourth-order valence-corrected chi connectivity index (χ4v) is 3.47. The molecule has 2 rings (SSSR count). The van der Waals surface area contributed by atoms with Gasteiger partial charge in [-0.05, 0) is 35.4 Å². The fraction of sp³-hybridized carbons (Fsp3) is 0.188. The number of esters is 1. The quantitative estimate of drug-likeness (QED) is 0.794. The minimum atomic E-state index is -1.62. The van der Waals surface area contributed by atoms with Gasteiger partial charge < -0.3 is 4.74 Å². The minimum Gasteiger partial charge on any atom is -0.468 e. The first-order valence-corrected chi connectivity index (χ1v) is 7.84. The highest BCUT2D eigenvalue weighted by Gasteiger charge is 2.24. The van der Waals surface area contributed by atoms with Crippen LogP contribution >= 0.6 is 0 Å². The first kappa shape index (κ1) is 16.3. The second kappa shape index (κ2) is 7.26. The van der Waals surface area contributed by atoms with Crippen LogP contribution in [0, 0.1) is 11.6 Å². The van der Waals surface area contributed by atoms with E-state index in [1.165, 1.54) is 55.6 Å². The number of hydrogen-bond donors (Lipinski definition) is 0. The molecule has 3 nitrogen and oxygen atoms in total. The molecule has 116 valence electrons. The van der Waals surface area contributed by atoms with Crippen LogP contribution in [0.3, 0.4) is 0 Å². The molecule has 0 saturated heterocycles. The van der Waals surface area contributed by atoms with Gasteiger partial charge in [-0.2, -0.15) is 0 Å². The lowest BCUT2D eigenvalue weighted by Crippen LogP contribution is -2.18. The van der Waals surface area contributed by atoms with Gasteiger partial charge in [0.05, 0.1) is 12.4 Å². The van der Waals surface area contributed by atoms with Crippen molar-refractivity contribution in [3.8, 4) is 0 Å². The summed E-state index contributed by atoms with van der Waals surface area (Å²) in [6.45, 7) is 0. The van der Waals surface area contributed by atoms with Gasteiger partial charge in [0.2, 0.25) is 0 Å².